The van der Waals surface area contributed by atoms with Crippen molar-refractivity contribution in [3.8, 4) is 0 Å². The Labute approximate surface area is 201 Å². The molecule has 0 aromatic carbocycles. The van der Waals surface area contributed by atoms with Crippen LogP contribution in [-0.4, -0.2) is 44.4 Å². The van der Waals surface area contributed by atoms with Gasteiger partial charge in [-0.1, -0.05) is 42.5 Å². The molecule has 0 atom stereocenters. The fraction of sp³-hybridized carbons (Fsp3) is 0.364. The van der Waals surface area contributed by atoms with Crippen LogP contribution in [0.25, 0.3) is 0 Å². The summed E-state index contributed by atoms with van der Waals surface area (Å²) in [6.45, 7) is 4.99. The van der Waals surface area contributed by atoms with Gasteiger partial charge in [0.1, 0.15) is 0 Å². The molecule has 0 unspecified atom stereocenters. The van der Waals surface area contributed by atoms with E-state index in [9.17, 15) is 0 Å². The predicted molar refractivity (Wildman–Crippen MR) is 113 cm³/mol. The van der Waals surface area contributed by atoms with Crippen molar-refractivity contribution in [1.82, 2.24) is 39.8 Å². The molecule has 0 spiro atoms. The standard InChI is InChI=1S/C22H27N9.Ir/c1-2-7-23-20(5-1)17-29(16-6-21-24-9-10-25-21)13-4-14-30(18-22-26-11-12-27-22)19-31-15-3-8-28-31;/h1-3,5,7-12,15H,4,6,13-14,16-19H2;/q-2;. The van der Waals surface area contributed by atoms with Gasteiger partial charge in [0, 0.05) is 52.5 Å². The molecule has 32 heavy (non-hydrogen) atoms. The summed E-state index contributed by atoms with van der Waals surface area (Å²) in [6, 6.07) is 8.00. The fourth-order valence-electron chi connectivity index (χ4n) is 3.51. The number of pyridine rings is 1. The van der Waals surface area contributed by atoms with Crippen molar-refractivity contribution >= 4 is 0 Å². The van der Waals surface area contributed by atoms with Crippen LogP contribution in [0.5, 0.6) is 0 Å². The molecule has 4 aromatic heterocycles. The molecule has 1 radical (unpaired) electrons. The van der Waals surface area contributed by atoms with Gasteiger partial charge in [-0.3, -0.25) is 14.6 Å². The summed E-state index contributed by atoms with van der Waals surface area (Å²) >= 11 is 0. The van der Waals surface area contributed by atoms with Crippen LogP contribution in [0.15, 0.2) is 67.6 Å². The molecule has 4 aromatic rings. The molecule has 0 bridgehead atoms. The molecular weight excluding hydrogens is 583 g/mol. The van der Waals surface area contributed by atoms with Crippen LogP contribution in [0, 0.1) is 0 Å². The molecule has 171 valence electrons. The van der Waals surface area contributed by atoms with Gasteiger partial charge >= 0.3 is 0 Å². The van der Waals surface area contributed by atoms with Gasteiger partial charge in [0.15, 0.2) is 12.9 Å². The van der Waals surface area contributed by atoms with Crippen LogP contribution >= 0.6 is 0 Å². The Kier molecular flexibility index (Phi) is 9.77. The third-order valence-corrected chi connectivity index (χ3v) is 5.01. The number of rotatable bonds is 13. The van der Waals surface area contributed by atoms with E-state index in [1.807, 2.05) is 35.3 Å². The molecule has 0 fully saturated rings. The second kappa shape index (κ2) is 13.0. The van der Waals surface area contributed by atoms with Crippen molar-refractivity contribution in [2.75, 3.05) is 19.6 Å². The smallest absolute Gasteiger partial charge is 0.194 e. The van der Waals surface area contributed by atoms with Gasteiger partial charge in [0.05, 0.1) is 5.69 Å². The van der Waals surface area contributed by atoms with Gasteiger partial charge in [-0.25, -0.2) is 4.90 Å². The van der Waals surface area contributed by atoms with Gasteiger partial charge in [-0.15, -0.1) is 6.20 Å². The van der Waals surface area contributed by atoms with Crippen molar-refractivity contribution in [1.29, 1.82) is 0 Å². The molecule has 0 aliphatic heterocycles. The van der Waals surface area contributed by atoms with Crippen molar-refractivity contribution in [2.24, 2.45) is 0 Å². The summed E-state index contributed by atoms with van der Waals surface area (Å²) in [4.78, 5) is 26.5. The van der Waals surface area contributed by atoms with E-state index >= 15 is 0 Å². The van der Waals surface area contributed by atoms with Crippen molar-refractivity contribution < 1.29 is 24.8 Å². The van der Waals surface area contributed by atoms with E-state index in [0.717, 1.165) is 56.4 Å². The Morgan fingerprint density at radius 2 is 1.59 bits per heavy atom. The minimum absolute atomic E-state index is 0. The average molecular weight is 610 g/mol. The summed E-state index contributed by atoms with van der Waals surface area (Å²) in [7, 11) is 0. The Morgan fingerprint density at radius 1 is 0.781 bits per heavy atom. The third kappa shape index (κ3) is 7.80. The quantitative estimate of drug-likeness (QED) is 0.204. The van der Waals surface area contributed by atoms with Crippen LogP contribution in [0.3, 0.4) is 0 Å². The summed E-state index contributed by atoms with van der Waals surface area (Å²) in [5.41, 5.74) is 1.07. The number of hydrogen-bond acceptors (Lipinski definition) is 5. The largest absolute Gasteiger partial charge is 0.446 e. The van der Waals surface area contributed by atoms with Crippen molar-refractivity contribution in [3.05, 3.63) is 85.0 Å². The van der Waals surface area contributed by atoms with Gasteiger partial charge in [0.2, 0.25) is 0 Å². The summed E-state index contributed by atoms with van der Waals surface area (Å²) < 4.78 is 1.93. The number of hydrogen-bond donors (Lipinski definition) is 0. The zero-order valence-electron chi connectivity index (χ0n) is 17.9. The molecule has 9 nitrogen and oxygen atoms in total. The summed E-state index contributed by atoms with van der Waals surface area (Å²) in [5, 5.41) is 4.34. The summed E-state index contributed by atoms with van der Waals surface area (Å²) in [5.74, 6) is 1.73. The SMILES string of the molecule is [Ir].c1ccc(CN(CCCN(Cc2ncc[n-]2)C[n+]2ccc[n-]2)CCc2ncc[n-]2)nc1. The zero-order chi connectivity index (χ0) is 21.1. The Hall–Kier alpha value is -2.65. The maximum absolute atomic E-state index is 4.50. The van der Waals surface area contributed by atoms with Gasteiger partial charge in [-0.2, -0.15) is 0 Å². The van der Waals surface area contributed by atoms with E-state index in [-0.39, 0.29) is 20.1 Å². The molecular formula is C22H27IrN9-2. The first-order valence-electron chi connectivity index (χ1n) is 10.5. The first kappa shape index (κ1) is 24.0. The molecule has 4 rings (SSSR count). The van der Waals surface area contributed by atoms with E-state index in [2.05, 4.69) is 45.9 Å². The van der Waals surface area contributed by atoms with E-state index in [1.165, 1.54) is 0 Å². The molecule has 0 saturated heterocycles. The van der Waals surface area contributed by atoms with Crippen LogP contribution in [0.1, 0.15) is 23.8 Å². The minimum atomic E-state index is 0. The number of imidazole rings is 2. The van der Waals surface area contributed by atoms with Crippen LogP contribution in [0.2, 0.25) is 0 Å². The zero-order valence-corrected chi connectivity index (χ0v) is 20.3. The molecule has 0 saturated carbocycles. The third-order valence-electron chi connectivity index (χ3n) is 5.01. The molecule has 0 aliphatic carbocycles. The molecule has 4 heterocycles. The second-order valence-corrected chi connectivity index (χ2v) is 7.39. The van der Waals surface area contributed by atoms with E-state index in [1.54, 1.807) is 31.0 Å². The predicted octanol–water partition coefficient (Wildman–Crippen LogP) is 0.623. The van der Waals surface area contributed by atoms with Gasteiger partial charge < -0.3 is 25.0 Å². The summed E-state index contributed by atoms with van der Waals surface area (Å²) in [6.07, 6.45) is 14.4. The topological polar surface area (TPSA) is 91.3 Å². The van der Waals surface area contributed by atoms with Gasteiger partial charge in [0.25, 0.3) is 0 Å². The number of aromatic nitrogens is 7. The van der Waals surface area contributed by atoms with Crippen LogP contribution in [0.4, 0.5) is 0 Å². The second-order valence-electron chi connectivity index (χ2n) is 7.39. The Bertz CT molecular complexity index is 920. The first-order valence-corrected chi connectivity index (χ1v) is 10.5. The normalized spacial score (nSPS) is 11.2. The molecule has 0 aliphatic rings. The maximum atomic E-state index is 4.50. The molecule has 0 amide bonds. The van der Waals surface area contributed by atoms with Crippen molar-refractivity contribution in [3.63, 3.8) is 0 Å². The van der Waals surface area contributed by atoms with E-state index < -0.39 is 0 Å². The van der Waals surface area contributed by atoms with Crippen LogP contribution in [-0.2, 0) is 46.3 Å². The minimum Gasteiger partial charge on any atom is -0.446 e. The monoisotopic (exact) mass is 610 g/mol. The number of nitrogens with zero attached hydrogens (tertiary/aromatic N) is 9. The molecule has 10 heteroatoms. The van der Waals surface area contributed by atoms with Crippen molar-refractivity contribution in [2.45, 2.75) is 32.6 Å². The first-order chi connectivity index (χ1) is 15.3. The fourth-order valence-corrected chi connectivity index (χ4v) is 3.51. The Morgan fingerprint density at radius 3 is 2.28 bits per heavy atom. The van der Waals surface area contributed by atoms with Gasteiger partial charge in [-0.05, 0) is 37.6 Å². The average Bonchev–Trinajstić information content (AvgIpc) is 3.56. The van der Waals surface area contributed by atoms with E-state index in [4.69, 9.17) is 0 Å². The maximum Gasteiger partial charge on any atom is 0.194 e. The molecule has 0 N–H and O–H groups in total. The van der Waals surface area contributed by atoms with E-state index in [0.29, 0.717) is 13.2 Å². The van der Waals surface area contributed by atoms with Crippen LogP contribution < -0.4 is 19.7 Å². The Balaban J connectivity index is 0.00000289.